The Morgan fingerprint density at radius 1 is 1.16 bits per heavy atom. The number of guanidine groups is 1. The van der Waals surface area contributed by atoms with Gasteiger partial charge in [0.25, 0.3) is 0 Å². The van der Waals surface area contributed by atoms with Gasteiger partial charge in [0.1, 0.15) is 0 Å². The summed E-state index contributed by atoms with van der Waals surface area (Å²) in [5.41, 5.74) is 0. The van der Waals surface area contributed by atoms with Crippen LogP contribution in [-0.2, 0) is 4.74 Å². The summed E-state index contributed by atoms with van der Waals surface area (Å²) in [6.45, 7) is 5.77. The Hall–Kier alpha value is -0.980. The lowest BCUT2D eigenvalue weighted by molar-refractivity contribution is -0.132. The van der Waals surface area contributed by atoms with Crippen molar-refractivity contribution < 1.29 is 17.9 Å². The van der Waals surface area contributed by atoms with E-state index >= 15 is 0 Å². The Labute approximate surface area is 112 Å². The molecule has 0 amide bonds. The molecule has 0 aliphatic carbocycles. The summed E-state index contributed by atoms with van der Waals surface area (Å²) in [5.74, 6) is 0.960. The Bertz CT molecular complexity index is 255. The highest BCUT2D eigenvalue weighted by molar-refractivity contribution is 5.79. The molecule has 0 fully saturated rings. The molecule has 2 N–H and O–H groups in total. The fourth-order valence-electron chi connectivity index (χ4n) is 1.21. The smallest absolute Gasteiger partial charge is 0.380 e. The molecular formula is C12H24F3N3O. The Morgan fingerprint density at radius 3 is 2.32 bits per heavy atom. The molecule has 0 aromatic carbocycles. The zero-order valence-electron chi connectivity index (χ0n) is 11.8. The number of alkyl halides is 3. The summed E-state index contributed by atoms with van der Waals surface area (Å²) >= 11 is 0. The van der Waals surface area contributed by atoms with Gasteiger partial charge in [-0.3, -0.25) is 4.99 Å². The van der Waals surface area contributed by atoms with E-state index in [1.165, 1.54) is 7.05 Å². The van der Waals surface area contributed by atoms with Crippen LogP contribution in [0.2, 0.25) is 0 Å². The van der Waals surface area contributed by atoms with E-state index in [0.717, 1.165) is 6.42 Å². The quantitative estimate of drug-likeness (QED) is 0.408. The lowest BCUT2D eigenvalue weighted by Crippen LogP contribution is -2.40. The second kappa shape index (κ2) is 9.89. The van der Waals surface area contributed by atoms with Gasteiger partial charge < -0.3 is 15.4 Å². The zero-order valence-corrected chi connectivity index (χ0v) is 11.8. The number of nitrogens with zero attached hydrogens (tertiary/aromatic N) is 1. The fraction of sp³-hybridized carbons (Fsp3) is 0.917. The number of halogens is 3. The van der Waals surface area contributed by atoms with Gasteiger partial charge in [-0.1, -0.05) is 13.8 Å². The van der Waals surface area contributed by atoms with Crippen molar-refractivity contribution in [2.24, 2.45) is 10.9 Å². The van der Waals surface area contributed by atoms with Crippen LogP contribution in [-0.4, -0.2) is 45.5 Å². The van der Waals surface area contributed by atoms with Crippen molar-refractivity contribution in [3.63, 3.8) is 0 Å². The van der Waals surface area contributed by atoms with Crippen LogP contribution in [0.4, 0.5) is 13.2 Å². The van der Waals surface area contributed by atoms with Gasteiger partial charge in [-0.25, -0.2) is 0 Å². The van der Waals surface area contributed by atoms with Crippen LogP contribution in [0.1, 0.15) is 26.7 Å². The van der Waals surface area contributed by atoms with E-state index in [4.69, 9.17) is 4.74 Å². The molecule has 0 unspecified atom stereocenters. The number of nitrogens with one attached hydrogen (secondary N) is 2. The average Bonchev–Trinajstić information content (AvgIpc) is 2.29. The Kier molecular flexibility index (Phi) is 9.38. The van der Waals surface area contributed by atoms with Gasteiger partial charge in [0.2, 0.25) is 0 Å². The number of hydrogen-bond acceptors (Lipinski definition) is 2. The van der Waals surface area contributed by atoms with Crippen molar-refractivity contribution in [3.05, 3.63) is 0 Å². The minimum Gasteiger partial charge on any atom is -0.380 e. The van der Waals surface area contributed by atoms with E-state index in [1.54, 1.807) is 0 Å². The van der Waals surface area contributed by atoms with Gasteiger partial charge >= 0.3 is 6.18 Å². The normalized spacial score (nSPS) is 12.9. The molecule has 0 aliphatic heterocycles. The van der Waals surface area contributed by atoms with Gasteiger partial charge in [-0.15, -0.1) is 0 Å². The van der Waals surface area contributed by atoms with Gasteiger partial charge in [0, 0.05) is 26.7 Å². The third-order valence-corrected chi connectivity index (χ3v) is 2.30. The predicted molar refractivity (Wildman–Crippen MR) is 70.3 cm³/mol. The highest BCUT2D eigenvalue weighted by Gasteiger charge is 2.26. The molecule has 114 valence electrons. The monoisotopic (exact) mass is 283 g/mol. The van der Waals surface area contributed by atoms with E-state index in [1.807, 2.05) is 0 Å². The van der Waals surface area contributed by atoms with Crippen molar-refractivity contribution in [3.8, 4) is 0 Å². The van der Waals surface area contributed by atoms with Crippen molar-refractivity contribution in [1.29, 1.82) is 0 Å². The highest BCUT2D eigenvalue weighted by atomic mass is 19.4. The number of hydrogen-bond donors (Lipinski definition) is 2. The van der Waals surface area contributed by atoms with Gasteiger partial charge in [0.15, 0.2) is 5.96 Å². The molecule has 7 heteroatoms. The van der Waals surface area contributed by atoms with Crippen molar-refractivity contribution in [1.82, 2.24) is 10.6 Å². The molecule has 0 aromatic heterocycles. The lowest BCUT2D eigenvalue weighted by Gasteiger charge is -2.13. The number of ether oxygens (including phenoxy) is 1. The summed E-state index contributed by atoms with van der Waals surface area (Å²) in [7, 11) is 1.52. The van der Waals surface area contributed by atoms with Crippen LogP contribution in [0.3, 0.4) is 0 Å². The second-order valence-electron chi connectivity index (χ2n) is 4.59. The van der Waals surface area contributed by atoms with Crippen molar-refractivity contribution in [2.45, 2.75) is 32.9 Å². The third-order valence-electron chi connectivity index (χ3n) is 2.30. The summed E-state index contributed by atoms with van der Waals surface area (Å²) in [6, 6.07) is 0. The molecule has 0 saturated heterocycles. The lowest BCUT2D eigenvalue weighted by atomic mass is 10.1. The van der Waals surface area contributed by atoms with Gasteiger partial charge in [-0.05, 0) is 12.3 Å². The fourth-order valence-corrected chi connectivity index (χ4v) is 1.21. The van der Waals surface area contributed by atoms with Gasteiger partial charge in [0.05, 0.1) is 13.0 Å². The Balaban J connectivity index is 3.56. The molecule has 4 nitrogen and oxygen atoms in total. The van der Waals surface area contributed by atoms with E-state index in [-0.39, 0.29) is 6.54 Å². The zero-order chi connectivity index (χ0) is 14.7. The van der Waals surface area contributed by atoms with E-state index in [9.17, 15) is 13.2 Å². The topological polar surface area (TPSA) is 45.7 Å². The van der Waals surface area contributed by atoms with E-state index < -0.39 is 12.6 Å². The highest BCUT2D eigenvalue weighted by Crippen LogP contribution is 2.17. The maximum absolute atomic E-state index is 11.9. The van der Waals surface area contributed by atoms with Crippen molar-refractivity contribution in [2.75, 3.05) is 33.4 Å². The van der Waals surface area contributed by atoms with Crippen LogP contribution in [0, 0.1) is 5.92 Å². The van der Waals surface area contributed by atoms with Crippen LogP contribution in [0.15, 0.2) is 4.99 Å². The van der Waals surface area contributed by atoms with Crippen LogP contribution >= 0.6 is 0 Å². The average molecular weight is 283 g/mol. The van der Waals surface area contributed by atoms with E-state index in [2.05, 4.69) is 29.5 Å². The molecule has 0 aliphatic rings. The standard InChI is InChI=1S/C12H24F3N3O/c1-10(2)4-8-19-9-7-18-11(16-3)17-6-5-12(13,14)15/h10H,4-9H2,1-3H3,(H2,16,17,18). The maximum Gasteiger partial charge on any atom is 0.390 e. The SMILES string of the molecule is CN=C(NCCOCCC(C)C)NCCC(F)(F)F. The predicted octanol–water partition coefficient (Wildman–Crippen LogP) is 2.17. The largest absolute Gasteiger partial charge is 0.390 e. The molecule has 0 bridgehead atoms. The molecule has 0 atom stereocenters. The van der Waals surface area contributed by atoms with Gasteiger partial charge in [-0.2, -0.15) is 13.2 Å². The summed E-state index contributed by atoms with van der Waals surface area (Å²) in [5, 5.41) is 5.49. The summed E-state index contributed by atoms with van der Waals surface area (Å²) < 4.78 is 41.2. The molecule has 0 rings (SSSR count). The first-order valence-corrected chi connectivity index (χ1v) is 6.44. The minimum absolute atomic E-state index is 0.183. The van der Waals surface area contributed by atoms with Crippen molar-refractivity contribution >= 4 is 5.96 Å². The number of rotatable bonds is 8. The maximum atomic E-state index is 11.9. The molecular weight excluding hydrogens is 259 g/mol. The Morgan fingerprint density at radius 2 is 1.79 bits per heavy atom. The third kappa shape index (κ3) is 13.3. The van der Waals surface area contributed by atoms with Crippen LogP contribution < -0.4 is 10.6 Å². The summed E-state index contributed by atoms with van der Waals surface area (Å²) in [6.07, 6.45) is -4.02. The van der Waals surface area contributed by atoms with E-state index in [0.29, 0.717) is 31.6 Å². The first kappa shape index (κ1) is 18.0. The summed E-state index contributed by atoms with van der Waals surface area (Å²) in [4.78, 5) is 3.83. The molecule has 0 heterocycles. The first-order valence-electron chi connectivity index (χ1n) is 6.44. The minimum atomic E-state index is -4.15. The van der Waals surface area contributed by atoms with Crippen LogP contribution in [0.25, 0.3) is 0 Å². The molecule has 0 saturated carbocycles. The van der Waals surface area contributed by atoms with Crippen LogP contribution in [0.5, 0.6) is 0 Å². The molecule has 0 radical (unpaired) electrons. The molecule has 0 aromatic rings. The molecule has 19 heavy (non-hydrogen) atoms. The molecule has 0 spiro atoms. The number of aliphatic imine (C=N–C) groups is 1. The first-order chi connectivity index (χ1) is 8.85. The second-order valence-corrected chi connectivity index (χ2v) is 4.59.